The van der Waals surface area contributed by atoms with Gasteiger partial charge in [-0.3, -0.25) is 9.10 Å². The van der Waals surface area contributed by atoms with Crippen LogP contribution >= 0.6 is 11.6 Å². The summed E-state index contributed by atoms with van der Waals surface area (Å²) in [4.78, 5) is 12.6. The Balaban J connectivity index is 1.94. The van der Waals surface area contributed by atoms with E-state index in [4.69, 9.17) is 16.3 Å². The molecule has 0 bridgehead atoms. The average Bonchev–Trinajstić information content (AvgIpc) is 2.73. The fraction of sp³-hybridized carbons (Fsp3) is 0.0952. The third kappa shape index (κ3) is 5.07. The molecule has 1 N–H and O–H groups in total. The van der Waals surface area contributed by atoms with E-state index in [1.54, 1.807) is 48.5 Å². The zero-order chi connectivity index (χ0) is 20.9. The maximum atomic E-state index is 13.3. The Labute approximate surface area is 174 Å². The Morgan fingerprint density at radius 1 is 0.966 bits per heavy atom. The highest BCUT2D eigenvalue weighted by Crippen LogP contribution is 2.26. The van der Waals surface area contributed by atoms with E-state index < -0.39 is 22.5 Å². The van der Waals surface area contributed by atoms with Crippen LogP contribution in [0, 0.1) is 0 Å². The summed E-state index contributed by atoms with van der Waals surface area (Å²) in [5.41, 5.74) is 0.917. The van der Waals surface area contributed by atoms with Gasteiger partial charge in [0.1, 0.15) is 12.3 Å². The molecule has 8 heteroatoms. The van der Waals surface area contributed by atoms with E-state index in [2.05, 4.69) is 5.32 Å². The number of nitrogens with one attached hydrogen (secondary N) is 1. The van der Waals surface area contributed by atoms with Crippen LogP contribution in [0.2, 0.25) is 5.02 Å². The van der Waals surface area contributed by atoms with Gasteiger partial charge in [0.25, 0.3) is 10.0 Å². The minimum absolute atomic E-state index is 0.0326. The van der Waals surface area contributed by atoms with Gasteiger partial charge in [-0.1, -0.05) is 29.8 Å². The number of carbonyl (C=O) groups is 1. The summed E-state index contributed by atoms with van der Waals surface area (Å²) >= 11 is 5.88. The van der Waals surface area contributed by atoms with Crippen LogP contribution in [0.15, 0.2) is 83.8 Å². The Morgan fingerprint density at radius 3 is 2.17 bits per heavy atom. The van der Waals surface area contributed by atoms with Gasteiger partial charge in [0.05, 0.1) is 17.7 Å². The first-order valence-corrected chi connectivity index (χ1v) is 10.5. The molecule has 0 fully saturated rings. The molecule has 0 saturated carbocycles. The number of rotatable bonds is 7. The monoisotopic (exact) mass is 430 g/mol. The van der Waals surface area contributed by atoms with Crippen molar-refractivity contribution in [3.05, 3.63) is 83.9 Å². The van der Waals surface area contributed by atoms with E-state index in [0.29, 0.717) is 22.1 Å². The summed E-state index contributed by atoms with van der Waals surface area (Å²) in [5.74, 6) is 0.107. The summed E-state index contributed by atoms with van der Waals surface area (Å²) < 4.78 is 32.7. The number of para-hydroxylation sites is 1. The first-order chi connectivity index (χ1) is 13.9. The molecule has 0 aliphatic heterocycles. The van der Waals surface area contributed by atoms with Gasteiger partial charge in [-0.2, -0.15) is 0 Å². The van der Waals surface area contributed by atoms with Gasteiger partial charge in [-0.15, -0.1) is 0 Å². The number of benzene rings is 3. The number of methoxy groups -OCH3 is 1. The van der Waals surface area contributed by atoms with Gasteiger partial charge in [0.2, 0.25) is 5.91 Å². The van der Waals surface area contributed by atoms with Crippen molar-refractivity contribution in [2.75, 3.05) is 23.3 Å². The Bertz CT molecular complexity index is 1070. The van der Waals surface area contributed by atoms with Crippen molar-refractivity contribution in [1.29, 1.82) is 0 Å². The second-order valence-electron chi connectivity index (χ2n) is 6.08. The highest BCUT2D eigenvalue weighted by molar-refractivity contribution is 7.92. The number of amides is 1. The lowest BCUT2D eigenvalue weighted by Gasteiger charge is -2.24. The Hall–Kier alpha value is -3.03. The van der Waals surface area contributed by atoms with Gasteiger partial charge < -0.3 is 10.1 Å². The predicted molar refractivity (Wildman–Crippen MR) is 114 cm³/mol. The van der Waals surface area contributed by atoms with Crippen molar-refractivity contribution in [2.24, 2.45) is 0 Å². The highest BCUT2D eigenvalue weighted by Gasteiger charge is 2.27. The first kappa shape index (κ1) is 20.7. The first-order valence-electron chi connectivity index (χ1n) is 8.67. The second kappa shape index (κ2) is 8.98. The number of halogens is 1. The molecule has 3 aromatic carbocycles. The van der Waals surface area contributed by atoms with Crippen LogP contribution in [0.25, 0.3) is 0 Å². The lowest BCUT2D eigenvalue weighted by atomic mass is 10.3. The molecule has 3 aromatic rings. The summed E-state index contributed by atoms with van der Waals surface area (Å²) in [6.07, 6.45) is 0. The number of ether oxygens (including phenoxy) is 1. The molecule has 0 aliphatic carbocycles. The van der Waals surface area contributed by atoms with E-state index in [9.17, 15) is 13.2 Å². The van der Waals surface area contributed by atoms with Crippen molar-refractivity contribution in [2.45, 2.75) is 4.90 Å². The predicted octanol–water partition coefficient (Wildman–Crippen LogP) is 4.18. The lowest BCUT2D eigenvalue weighted by Crippen LogP contribution is -2.38. The topological polar surface area (TPSA) is 75.7 Å². The SMILES string of the molecule is COc1ccc(N(CC(=O)Nc2ccccc2)S(=O)(=O)c2ccc(Cl)cc2)cc1. The molecule has 150 valence electrons. The van der Waals surface area contributed by atoms with E-state index in [1.165, 1.54) is 31.4 Å². The molecule has 0 unspecified atom stereocenters. The normalized spacial score (nSPS) is 11.0. The third-order valence-corrected chi connectivity index (χ3v) is 6.15. The number of hydrogen-bond acceptors (Lipinski definition) is 4. The van der Waals surface area contributed by atoms with Crippen LogP contribution in [0.1, 0.15) is 0 Å². The molecule has 29 heavy (non-hydrogen) atoms. The van der Waals surface area contributed by atoms with E-state index in [-0.39, 0.29) is 4.90 Å². The zero-order valence-corrected chi connectivity index (χ0v) is 17.2. The van der Waals surface area contributed by atoms with Crippen LogP contribution in [-0.4, -0.2) is 28.0 Å². The number of hydrogen-bond donors (Lipinski definition) is 1. The standard InChI is InChI=1S/C21H19ClN2O4S/c1-28-19-11-9-18(10-12-19)24(15-21(25)23-17-5-3-2-4-6-17)29(26,27)20-13-7-16(22)8-14-20/h2-14H,15H2,1H3,(H,23,25). The van der Waals surface area contributed by atoms with Crippen molar-refractivity contribution >= 4 is 38.9 Å². The van der Waals surface area contributed by atoms with Crippen LogP contribution in [0.3, 0.4) is 0 Å². The molecule has 6 nitrogen and oxygen atoms in total. The zero-order valence-electron chi connectivity index (χ0n) is 15.6. The fourth-order valence-electron chi connectivity index (χ4n) is 2.65. The van der Waals surface area contributed by atoms with E-state index in [0.717, 1.165) is 4.31 Å². The quantitative estimate of drug-likeness (QED) is 0.610. The number of nitrogens with zero attached hydrogens (tertiary/aromatic N) is 1. The summed E-state index contributed by atoms with van der Waals surface area (Å²) in [5, 5.41) is 3.12. The van der Waals surface area contributed by atoms with Crippen molar-refractivity contribution in [3.63, 3.8) is 0 Å². The van der Waals surface area contributed by atoms with Crippen molar-refractivity contribution < 1.29 is 17.9 Å². The molecule has 3 rings (SSSR count). The summed E-state index contributed by atoms with van der Waals surface area (Å²) in [6.45, 7) is -0.397. The lowest BCUT2D eigenvalue weighted by molar-refractivity contribution is -0.114. The molecule has 0 saturated heterocycles. The molecule has 0 atom stereocenters. The fourth-order valence-corrected chi connectivity index (χ4v) is 4.20. The average molecular weight is 431 g/mol. The second-order valence-corrected chi connectivity index (χ2v) is 8.38. The highest BCUT2D eigenvalue weighted by atomic mass is 35.5. The van der Waals surface area contributed by atoms with Gasteiger partial charge in [-0.25, -0.2) is 8.42 Å². The minimum atomic E-state index is -4.00. The number of carbonyl (C=O) groups excluding carboxylic acids is 1. The minimum Gasteiger partial charge on any atom is -0.497 e. The molecular formula is C21H19ClN2O4S. The maximum Gasteiger partial charge on any atom is 0.264 e. The summed E-state index contributed by atoms with van der Waals surface area (Å²) in [7, 11) is -2.49. The van der Waals surface area contributed by atoms with E-state index >= 15 is 0 Å². The van der Waals surface area contributed by atoms with Gasteiger partial charge >= 0.3 is 0 Å². The van der Waals surface area contributed by atoms with Crippen molar-refractivity contribution in [1.82, 2.24) is 0 Å². The molecule has 0 heterocycles. The Kier molecular flexibility index (Phi) is 6.41. The maximum absolute atomic E-state index is 13.3. The Morgan fingerprint density at radius 2 is 1.59 bits per heavy atom. The number of sulfonamides is 1. The molecule has 1 amide bonds. The van der Waals surface area contributed by atoms with Crippen LogP contribution in [-0.2, 0) is 14.8 Å². The van der Waals surface area contributed by atoms with Crippen LogP contribution < -0.4 is 14.4 Å². The van der Waals surface area contributed by atoms with Crippen molar-refractivity contribution in [3.8, 4) is 5.75 Å². The molecular weight excluding hydrogens is 412 g/mol. The largest absolute Gasteiger partial charge is 0.497 e. The van der Waals surface area contributed by atoms with Gasteiger partial charge in [0, 0.05) is 10.7 Å². The molecule has 0 aliphatic rings. The molecule has 0 aromatic heterocycles. The van der Waals surface area contributed by atoms with E-state index in [1.807, 2.05) is 6.07 Å². The molecule has 0 radical (unpaired) electrons. The van der Waals surface area contributed by atoms with Crippen LogP contribution in [0.5, 0.6) is 5.75 Å². The summed E-state index contributed by atoms with van der Waals surface area (Å²) in [6, 6.07) is 21.1. The smallest absolute Gasteiger partial charge is 0.264 e. The van der Waals surface area contributed by atoms with Crippen LogP contribution in [0.4, 0.5) is 11.4 Å². The number of anilines is 2. The third-order valence-electron chi connectivity index (χ3n) is 4.11. The van der Waals surface area contributed by atoms with Gasteiger partial charge in [-0.05, 0) is 60.7 Å². The van der Waals surface area contributed by atoms with Gasteiger partial charge in [0.15, 0.2) is 0 Å². The molecule has 0 spiro atoms.